The molecule has 0 bridgehead atoms. The normalized spacial score (nSPS) is 12.3. The average molecular weight is 434 g/mol. The molecular formula is C21H29ClN4O2Si. The maximum Gasteiger partial charge on any atom is 0.165 e. The highest BCUT2D eigenvalue weighted by Gasteiger charge is 2.16. The fourth-order valence-corrected chi connectivity index (χ4v) is 3.88. The van der Waals surface area contributed by atoms with Crippen molar-refractivity contribution in [3.05, 3.63) is 47.4 Å². The van der Waals surface area contributed by atoms with Gasteiger partial charge in [0.05, 0.1) is 19.1 Å². The van der Waals surface area contributed by atoms with E-state index < -0.39 is 8.07 Å². The second-order valence-electron chi connectivity index (χ2n) is 8.33. The Morgan fingerprint density at radius 3 is 2.62 bits per heavy atom. The monoisotopic (exact) mass is 433 g/mol. The maximum absolute atomic E-state index is 8.30. The van der Waals surface area contributed by atoms with Crippen LogP contribution in [-0.2, 0) is 18.0 Å². The van der Waals surface area contributed by atoms with Crippen LogP contribution < -0.4 is 9.64 Å². The molecule has 0 aliphatic carbocycles. The van der Waals surface area contributed by atoms with Crippen molar-refractivity contribution in [2.24, 2.45) is 0 Å². The molecule has 0 fully saturated rings. The van der Waals surface area contributed by atoms with Crippen LogP contribution in [0, 0.1) is 0 Å². The van der Waals surface area contributed by atoms with Gasteiger partial charge in [0.2, 0.25) is 0 Å². The Labute approximate surface area is 179 Å². The van der Waals surface area contributed by atoms with Crippen molar-refractivity contribution in [2.75, 3.05) is 25.7 Å². The van der Waals surface area contributed by atoms with Gasteiger partial charge in [-0.05, 0) is 23.7 Å². The molecule has 2 heterocycles. The summed E-state index contributed by atoms with van der Waals surface area (Å²) in [5.74, 6) is 0.822. The SMILES string of the molecule is [2H]c1nc2c(N(C)Cc3ccc(OC)cc3)cc(Cl)nc2n1COCC[Si](C)(C)C. The highest BCUT2D eigenvalue weighted by atomic mass is 35.5. The number of ether oxygens (including phenoxy) is 2. The van der Waals surface area contributed by atoms with Crippen LogP contribution in [0.25, 0.3) is 11.2 Å². The van der Waals surface area contributed by atoms with Gasteiger partial charge in [-0.15, -0.1) is 0 Å². The van der Waals surface area contributed by atoms with Crippen LogP contribution in [0.15, 0.2) is 36.6 Å². The molecule has 0 atom stereocenters. The number of nitrogens with zero attached hydrogens (tertiary/aromatic N) is 4. The van der Waals surface area contributed by atoms with E-state index in [9.17, 15) is 0 Å². The molecule has 0 aliphatic rings. The van der Waals surface area contributed by atoms with Gasteiger partial charge < -0.3 is 14.4 Å². The van der Waals surface area contributed by atoms with Crippen LogP contribution in [0.2, 0.25) is 30.8 Å². The lowest BCUT2D eigenvalue weighted by atomic mass is 10.2. The van der Waals surface area contributed by atoms with Gasteiger partial charge in [-0.3, -0.25) is 4.57 Å². The molecule has 6 nitrogen and oxygen atoms in total. The number of methoxy groups -OCH3 is 1. The number of benzene rings is 1. The number of aromatic nitrogens is 3. The summed E-state index contributed by atoms with van der Waals surface area (Å²) in [5.41, 5.74) is 3.17. The highest BCUT2D eigenvalue weighted by Crippen LogP contribution is 2.28. The van der Waals surface area contributed by atoms with Crippen LogP contribution in [0.1, 0.15) is 6.93 Å². The minimum absolute atomic E-state index is 0.117. The third kappa shape index (κ3) is 5.71. The molecule has 0 unspecified atom stereocenters. The molecule has 2 aromatic heterocycles. The Balaban J connectivity index is 1.83. The minimum Gasteiger partial charge on any atom is -0.497 e. The van der Waals surface area contributed by atoms with E-state index in [-0.39, 0.29) is 13.0 Å². The highest BCUT2D eigenvalue weighted by molar-refractivity contribution is 6.76. The number of halogens is 1. The van der Waals surface area contributed by atoms with Crippen molar-refractivity contribution < 1.29 is 10.8 Å². The Morgan fingerprint density at radius 1 is 1.24 bits per heavy atom. The molecule has 29 heavy (non-hydrogen) atoms. The van der Waals surface area contributed by atoms with Gasteiger partial charge in [-0.1, -0.05) is 43.4 Å². The van der Waals surface area contributed by atoms with Gasteiger partial charge in [-0.25, -0.2) is 9.97 Å². The molecular weight excluding hydrogens is 404 g/mol. The van der Waals surface area contributed by atoms with Gasteiger partial charge in [0, 0.05) is 34.3 Å². The molecule has 156 valence electrons. The molecule has 3 aromatic rings. The van der Waals surface area contributed by atoms with Crippen molar-refractivity contribution >= 4 is 36.5 Å². The Bertz CT molecular complexity index is 1000. The summed E-state index contributed by atoms with van der Waals surface area (Å²) in [5, 5.41) is 0.363. The van der Waals surface area contributed by atoms with E-state index in [0.29, 0.717) is 29.5 Å². The summed E-state index contributed by atoms with van der Waals surface area (Å²) in [6, 6.07) is 10.8. The van der Waals surface area contributed by atoms with E-state index in [0.717, 1.165) is 23.0 Å². The van der Waals surface area contributed by atoms with Crippen molar-refractivity contribution in [2.45, 2.75) is 39.0 Å². The van der Waals surface area contributed by atoms with E-state index in [2.05, 4.69) is 34.5 Å². The molecule has 0 saturated heterocycles. The summed E-state index contributed by atoms with van der Waals surface area (Å²) >= 11 is 6.32. The van der Waals surface area contributed by atoms with E-state index in [1.807, 2.05) is 31.3 Å². The molecule has 0 spiro atoms. The third-order valence-corrected chi connectivity index (χ3v) is 6.57. The van der Waals surface area contributed by atoms with E-state index >= 15 is 0 Å². The van der Waals surface area contributed by atoms with Crippen LogP contribution in [-0.4, -0.2) is 43.4 Å². The maximum atomic E-state index is 8.30. The van der Waals surface area contributed by atoms with Gasteiger partial charge in [0.1, 0.15) is 24.5 Å². The third-order valence-electron chi connectivity index (χ3n) is 4.67. The minimum atomic E-state index is -1.17. The van der Waals surface area contributed by atoms with Gasteiger partial charge in [-0.2, -0.15) is 0 Å². The van der Waals surface area contributed by atoms with Crippen molar-refractivity contribution in [1.29, 1.82) is 0 Å². The van der Waals surface area contributed by atoms with E-state index in [1.165, 1.54) is 0 Å². The number of hydrogen-bond donors (Lipinski definition) is 0. The number of rotatable bonds is 9. The molecule has 0 N–H and O–H groups in total. The van der Waals surface area contributed by atoms with Crippen LogP contribution in [0.4, 0.5) is 5.69 Å². The van der Waals surface area contributed by atoms with Crippen LogP contribution in [0.3, 0.4) is 0 Å². The zero-order chi connectivity index (χ0) is 21.9. The Kier molecular flexibility index (Phi) is 6.37. The number of fused-ring (bicyclic) bond motifs is 1. The summed E-state index contributed by atoms with van der Waals surface area (Å²) in [7, 11) is 2.46. The number of pyridine rings is 1. The summed E-state index contributed by atoms with van der Waals surface area (Å²) < 4.78 is 21.0. The quantitative estimate of drug-likeness (QED) is 0.268. The van der Waals surface area contributed by atoms with Crippen LogP contribution >= 0.6 is 11.6 Å². The van der Waals surface area contributed by atoms with E-state index in [1.54, 1.807) is 17.7 Å². The smallest absolute Gasteiger partial charge is 0.165 e. The van der Waals surface area contributed by atoms with Gasteiger partial charge in [0.15, 0.2) is 5.65 Å². The molecule has 0 saturated carbocycles. The standard InChI is InChI=1S/C21H29ClN4O2Si/c1-25(13-16-6-8-17(27-2)9-7-16)18-12-19(22)24-21-20(18)23-14-26(21)15-28-10-11-29(3,4)5/h6-9,12,14H,10-11,13,15H2,1-5H3/i14D. The summed E-state index contributed by atoms with van der Waals surface area (Å²) in [6.07, 6.45) is 0.117. The predicted molar refractivity (Wildman–Crippen MR) is 122 cm³/mol. The first kappa shape index (κ1) is 20.2. The number of hydrogen-bond acceptors (Lipinski definition) is 5. The number of anilines is 1. The topological polar surface area (TPSA) is 52.4 Å². The first-order valence-corrected chi connectivity index (χ1v) is 13.7. The average Bonchev–Trinajstić information content (AvgIpc) is 2.99. The molecule has 0 amide bonds. The molecule has 0 radical (unpaired) electrons. The Morgan fingerprint density at radius 2 is 1.97 bits per heavy atom. The number of imidazole rings is 1. The Hall–Kier alpha value is -2.09. The second kappa shape index (κ2) is 9.15. The van der Waals surface area contributed by atoms with Crippen molar-refractivity contribution in [1.82, 2.24) is 14.5 Å². The summed E-state index contributed by atoms with van der Waals surface area (Å²) in [6.45, 7) is 8.50. The predicted octanol–water partition coefficient (Wildman–Crippen LogP) is 5.04. The first-order chi connectivity index (χ1) is 14.2. The van der Waals surface area contributed by atoms with Crippen molar-refractivity contribution in [3.8, 4) is 5.75 Å². The largest absolute Gasteiger partial charge is 0.497 e. The lowest BCUT2D eigenvalue weighted by Crippen LogP contribution is -2.22. The first-order valence-electron chi connectivity index (χ1n) is 10.1. The van der Waals surface area contributed by atoms with Crippen molar-refractivity contribution in [3.63, 3.8) is 0 Å². The zero-order valence-corrected chi connectivity index (χ0v) is 19.5. The fourth-order valence-electron chi connectivity index (χ4n) is 2.94. The van der Waals surface area contributed by atoms with E-state index in [4.69, 9.17) is 22.4 Å². The van der Waals surface area contributed by atoms with Gasteiger partial charge >= 0.3 is 0 Å². The lowest BCUT2D eigenvalue weighted by molar-refractivity contribution is 0.0895. The molecule has 1 aromatic carbocycles. The molecule has 3 rings (SSSR count). The fraction of sp³-hybridized carbons (Fsp3) is 0.429. The second-order valence-corrected chi connectivity index (χ2v) is 14.3. The molecule has 0 aliphatic heterocycles. The van der Waals surface area contributed by atoms with Gasteiger partial charge in [0.25, 0.3) is 0 Å². The summed E-state index contributed by atoms with van der Waals surface area (Å²) in [4.78, 5) is 10.9. The lowest BCUT2D eigenvalue weighted by Gasteiger charge is -2.20. The van der Waals surface area contributed by atoms with Crippen LogP contribution in [0.5, 0.6) is 5.75 Å². The molecule has 8 heteroatoms. The zero-order valence-electron chi connectivity index (χ0n) is 18.7.